The van der Waals surface area contributed by atoms with Gasteiger partial charge in [0.1, 0.15) is 0 Å². The first-order valence-electron chi connectivity index (χ1n) is 9.67. The molecule has 1 amide bonds. The fraction of sp³-hybridized carbons (Fsp3) is 0.409. The van der Waals surface area contributed by atoms with Gasteiger partial charge in [-0.15, -0.1) is 0 Å². The van der Waals surface area contributed by atoms with Gasteiger partial charge in [0.2, 0.25) is 5.91 Å². The van der Waals surface area contributed by atoms with Gasteiger partial charge in [0.05, 0.1) is 24.1 Å². The summed E-state index contributed by atoms with van der Waals surface area (Å²) in [5.41, 5.74) is 4.15. The van der Waals surface area contributed by atoms with E-state index in [4.69, 9.17) is 0 Å². The van der Waals surface area contributed by atoms with Crippen LogP contribution in [0.2, 0.25) is 0 Å². The maximum atomic E-state index is 13.2. The number of carbonyl (C=O) groups excluding carboxylic acids is 1. The predicted octanol–water partition coefficient (Wildman–Crippen LogP) is 2.88. The van der Waals surface area contributed by atoms with Crippen LogP contribution in [0.25, 0.3) is 0 Å². The van der Waals surface area contributed by atoms with Crippen molar-refractivity contribution in [1.82, 2.24) is 4.90 Å². The molecule has 2 aliphatic rings. The largest absolute Gasteiger partial charge is 0.306 e. The molecular weight excluding hydrogens is 372 g/mol. The number of hydrogen-bond acceptors (Lipinski definition) is 4. The fourth-order valence-electron chi connectivity index (χ4n) is 4.47. The van der Waals surface area contributed by atoms with Crippen LogP contribution in [0.15, 0.2) is 48.5 Å². The first-order valence-corrected chi connectivity index (χ1v) is 11.5. The maximum Gasteiger partial charge on any atom is 0.241 e. The summed E-state index contributed by atoms with van der Waals surface area (Å²) >= 11 is 0. The zero-order valence-corrected chi connectivity index (χ0v) is 17.3. The molecule has 0 radical (unpaired) electrons. The minimum absolute atomic E-state index is 0.0205. The number of carbonyl (C=O) groups is 1. The van der Waals surface area contributed by atoms with Crippen LogP contribution in [0.3, 0.4) is 0 Å². The van der Waals surface area contributed by atoms with Crippen LogP contribution in [0.5, 0.6) is 0 Å². The number of rotatable bonds is 3. The second-order valence-corrected chi connectivity index (χ2v) is 10.2. The number of amides is 1. The lowest BCUT2D eigenvalue weighted by Gasteiger charge is -2.46. The van der Waals surface area contributed by atoms with Crippen LogP contribution in [0.4, 0.5) is 5.69 Å². The van der Waals surface area contributed by atoms with Crippen LogP contribution < -0.4 is 4.90 Å². The van der Waals surface area contributed by atoms with Crippen molar-refractivity contribution in [2.24, 2.45) is 0 Å². The fourth-order valence-corrected chi connectivity index (χ4v) is 6.43. The molecule has 3 atom stereocenters. The molecule has 5 nitrogen and oxygen atoms in total. The maximum absolute atomic E-state index is 13.2. The van der Waals surface area contributed by atoms with Crippen molar-refractivity contribution in [2.45, 2.75) is 38.9 Å². The molecule has 2 heterocycles. The van der Waals surface area contributed by atoms with Crippen LogP contribution in [-0.2, 0) is 14.6 Å². The van der Waals surface area contributed by atoms with Crippen molar-refractivity contribution < 1.29 is 13.2 Å². The molecule has 3 unspecified atom stereocenters. The van der Waals surface area contributed by atoms with Gasteiger partial charge in [-0.2, -0.15) is 0 Å². The normalized spacial score (nSPS) is 25.5. The Morgan fingerprint density at radius 2 is 1.64 bits per heavy atom. The van der Waals surface area contributed by atoms with Crippen LogP contribution >= 0.6 is 0 Å². The highest BCUT2D eigenvalue weighted by Crippen LogP contribution is 2.36. The summed E-state index contributed by atoms with van der Waals surface area (Å²) in [6.07, 6.45) is 0. The summed E-state index contributed by atoms with van der Waals surface area (Å²) in [6.45, 7) is 6.32. The highest BCUT2D eigenvalue weighted by Gasteiger charge is 2.50. The Morgan fingerprint density at radius 1 is 0.964 bits per heavy atom. The lowest BCUT2D eigenvalue weighted by Crippen LogP contribution is -2.62. The number of benzene rings is 2. The second kappa shape index (κ2) is 7.01. The van der Waals surface area contributed by atoms with E-state index in [9.17, 15) is 13.2 Å². The Kier molecular flexibility index (Phi) is 4.79. The van der Waals surface area contributed by atoms with Crippen molar-refractivity contribution >= 4 is 21.4 Å². The molecule has 2 aliphatic heterocycles. The molecule has 148 valence electrons. The van der Waals surface area contributed by atoms with Gasteiger partial charge in [0.25, 0.3) is 0 Å². The molecule has 0 aliphatic carbocycles. The van der Waals surface area contributed by atoms with E-state index in [1.165, 1.54) is 0 Å². The average molecular weight is 399 g/mol. The number of fused-ring (bicyclic) bond motifs is 1. The van der Waals surface area contributed by atoms with E-state index in [0.717, 1.165) is 22.4 Å². The van der Waals surface area contributed by atoms with Crippen molar-refractivity contribution in [1.29, 1.82) is 0 Å². The Balaban J connectivity index is 1.72. The van der Waals surface area contributed by atoms with Gasteiger partial charge in [0, 0.05) is 17.8 Å². The van der Waals surface area contributed by atoms with Crippen LogP contribution in [0, 0.1) is 13.8 Å². The van der Waals surface area contributed by atoms with Gasteiger partial charge in [-0.3, -0.25) is 9.69 Å². The summed E-state index contributed by atoms with van der Waals surface area (Å²) in [5.74, 6) is 0.0852. The molecule has 6 heteroatoms. The number of nitrogens with zero attached hydrogens (tertiary/aromatic N) is 2. The number of anilines is 1. The van der Waals surface area contributed by atoms with Crippen LogP contribution in [0.1, 0.15) is 29.7 Å². The van der Waals surface area contributed by atoms with Gasteiger partial charge < -0.3 is 4.90 Å². The minimum Gasteiger partial charge on any atom is -0.306 e. The molecule has 0 bridgehead atoms. The second-order valence-electron chi connectivity index (χ2n) is 8.00. The zero-order valence-electron chi connectivity index (χ0n) is 16.5. The minimum atomic E-state index is -3.20. The summed E-state index contributed by atoms with van der Waals surface area (Å²) in [4.78, 5) is 17.0. The van der Waals surface area contributed by atoms with Crippen molar-refractivity contribution in [3.63, 3.8) is 0 Å². The molecule has 2 aromatic rings. The van der Waals surface area contributed by atoms with Crippen molar-refractivity contribution in [3.8, 4) is 0 Å². The standard InChI is InChI=1S/C22H26N2O3S/c1-15-9-10-19(11-16(15)2)24-21-14-28(26,27)13-20(21)23(12-22(24)25)17(3)18-7-5-4-6-8-18/h4-11,17,20-21H,12-14H2,1-3H3. The number of aryl methyl sites for hydroxylation is 2. The zero-order chi connectivity index (χ0) is 20.1. The summed E-state index contributed by atoms with van der Waals surface area (Å²) in [6, 6.07) is 15.3. The van der Waals surface area contributed by atoms with Crippen molar-refractivity contribution in [3.05, 3.63) is 65.2 Å². The molecule has 0 spiro atoms. The first-order chi connectivity index (χ1) is 13.3. The van der Waals surface area contributed by atoms with E-state index in [1.807, 2.05) is 62.4 Å². The Hall–Kier alpha value is -2.18. The predicted molar refractivity (Wildman–Crippen MR) is 111 cm³/mol. The molecule has 28 heavy (non-hydrogen) atoms. The molecule has 2 saturated heterocycles. The van der Waals surface area contributed by atoms with E-state index < -0.39 is 9.84 Å². The number of hydrogen-bond donors (Lipinski definition) is 0. The Bertz CT molecular complexity index is 1000. The molecule has 4 rings (SSSR count). The Morgan fingerprint density at radius 3 is 2.32 bits per heavy atom. The van der Waals surface area contributed by atoms with E-state index in [0.29, 0.717) is 0 Å². The summed E-state index contributed by atoms with van der Waals surface area (Å²) in [7, 11) is -3.20. The van der Waals surface area contributed by atoms with E-state index in [-0.39, 0.29) is 42.1 Å². The average Bonchev–Trinajstić information content (AvgIpc) is 2.98. The lowest BCUT2D eigenvalue weighted by atomic mass is 9.97. The van der Waals surface area contributed by atoms with Gasteiger partial charge in [-0.25, -0.2) is 8.42 Å². The smallest absolute Gasteiger partial charge is 0.241 e. The molecule has 2 fully saturated rings. The molecule has 0 aromatic heterocycles. The third-order valence-electron chi connectivity index (χ3n) is 6.19. The van der Waals surface area contributed by atoms with Gasteiger partial charge in [0.15, 0.2) is 9.84 Å². The highest BCUT2D eigenvalue weighted by atomic mass is 32.2. The SMILES string of the molecule is Cc1ccc(N2C(=O)CN(C(C)c3ccccc3)C3CS(=O)(=O)CC32)cc1C. The van der Waals surface area contributed by atoms with E-state index >= 15 is 0 Å². The quantitative estimate of drug-likeness (QED) is 0.798. The lowest BCUT2D eigenvalue weighted by molar-refractivity contribution is -0.124. The molecular formula is C22H26N2O3S. The summed E-state index contributed by atoms with van der Waals surface area (Å²) < 4.78 is 25.1. The Labute approximate surface area is 166 Å². The topological polar surface area (TPSA) is 57.7 Å². The highest BCUT2D eigenvalue weighted by molar-refractivity contribution is 7.91. The van der Waals surface area contributed by atoms with Gasteiger partial charge >= 0.3 is 0 Å². The van der Waals surface area contributed by atoms with E-state index in [2.05, 4.69) is 11.8 Å². The van der Waals surface area contributed by atoms with Gasteiger partial charge in [-0.05, 0) is 49.6 Å². The van der Waals surface area contributed by atoms with E-state index in [1.54, 1.807) is 4.90 Å². The van der Waals surface area contributed by atoms with Crippen molar-refractivity contribution in [2.75, 3.05) is 23.0 Å². The molecule has 0 N–H and O–H groups in total. The monoisotopic (exact) mass is 398 g/mol. The van der Waals surface area contributed by atoms with Gasteiger partial charge in [-0.1, -0.05) is 36.4 Å². The third kappa shape index (κ3) is 3.35. The van der Waals surface area contributed by atoms with Crippen LogP contribution in [-0.4, -0.2) is 49.4 Å². The first kappa shape index (κ1) is 19.2. The number of sulfone groups is 1. The molecule has 0 saturated carbocycles. The third-order valence-corrected chi connectivity index (χ3v) is 7.88. The number of piperazine rings is 1. The molecule has 2 aromatic carbocycles. The summed E-state index contributed by atoms with van der Waals surface area (Å²) in [5, 5.41) is 0.